The normalized spacial score (nSPS) is 18.8. The highest BCUT2D eigenvalue weighted by Gasteiger charge is 2.31. The molecule has 4 nitrogen and oxygen atoms in total. The molecule has 1 aliphatic carbocycles. The summed E-state index contributed by atoms with van der Waals surface area (Å²) in [6.45, 7) is 1.11. The van der Waals surface area contributed by atoms with Crippen molar-refractivity contribution in [2.45, 2.75) is 37.5 Å². The van der Waals surface area contributed by atoms with Crippen LogP contribution >= 0.6 is 11.3 Å². The van der Waals surface area contributed by atoms with Crippen molar-refractivity contribution in [2.24, 2.45) is 0 Å². The Morgan fingerprint density at radius 1 is 1.04 bits per heavy atom. The Morgan fingerprint density at radius 2 is 1.67 bits per heavy atom. The molecular formula is C17H17F2N3OS. The molecule has 1 aromatic heterocycles. The van der Waals surface area contributed by atoms with Crippen LogP contribution in [0.2, 0.25) is 0 Å². The van der Waals surface area contributed by atoms with Gasteiger partial charge >= 0.3 is 0 Å². The van der Waals surface area contributed by atoms with E-state index < -0.39 is 11.6 Å². The number of amides is 1. The molecule has 0 atom stereocenters. The number of aromatic nitrogens is 2. The first-order valence-corrected chi connectivity index (χ1v) is 9.01. The zero-order valence-electron chi connectivity index (χ0n) is 13.0. The Balaban J connectivity index is 1.40. The topological polar surface area (TPSA) is 46.1 Å². The van der Waals surface area contributed by atoms with Crippen LogP contribution in [0.5, 0.6) is 0 Å². The molecule has 0 N–H and O–H groups in total. The second kappa shape index (κ2) is 6.20. The average Bonchev–Trinajstić information content (AvgIpc) is 3.32. The van der Waals surface area contributed by atoms with E-state index in [1.54, 1.807) is 16.2 Å². The number of carbonyl (C=O) groups excluding carboxylic acids is 1. The van der Waals surface area contributed by atoms with Crippen LogP contribution in [0.3, 0.4) is 0 Å². The first-order valence-electron chi connectivity index (χ1n) is 8.19. The van der Waals surface area contributed by atoms with Crippen LogP contribution in [0.1, 0.15) is 57.9 Å². The number of nitrogens with zero attached hydrogens (tertiary/aromatic N) is 3. The number of carbonyl (C=O) groups is 1. The lowest BCUT2D eigenvalue weighted by Gasteiger charge is -2.31. The standard InChI is InChI=1S/C17H17F2N3OS/c18-12-3-4-13(14(19)9-12)17(23)22-7-5-11(6-8-22)16-21-20-15(24-16)10-1-2-10/h3-4,9-11H,1-2,5-8H2. The molecule has 7 heteroatoms. The predicted molar refractivity (Wildman–Crippen MR) is 86.1 cm³/mol. The van der Waals surface area contributed by atoms with E-state index in [1.165, 1.54) is 18.9 Å². The molecule has 2 fully saturated rings. The van der Waals surface area contributed by atoms with E-state index in [9.17, 15) is 13.6 Å². The smallest absolute Gasteiger partial charge is 0.256 e. The molecule has 4 rings (SSSR count). The summed E-state index contributed by atoms with van der Waals surface area (Å²) in [7, 11) is 0. The molecule has 0 radical (unpaired) electrons. The van der Waals surface area contributed by atoms with E-state index >= 15 is 0 Å². The van der Waals surface area contributed by atoms with Crippen LogP contribution in [0.25, 0.3) is 0 Å². The van der Waals surface area contributed by atoms with Crippen molar-refractivity contribution in [3.63, 3.8) is 0 Å². The van der Waals surface area contributed by atoms with Gasteiger partial charge in [0.2, 0.25) is 0 Å². The third kappa shape index (κ3) is 3.05. The number of hydrogen-bond acceptors (Lipinski definition) is 4. The predicted octanol–water partition coefficient (Wildman–Crippen LogP) is 3.71. The maximum absolute atomic E-state index is 13.8. The van der Waals surface area contributed by atoms with Gasteiger partial charge in [0.25, 0.3) is 5.91 Å². The minimum absolute atomic E-state index is 0.0678. The van der Waals surface area contributed by atoms with Gasteiger partial charge in [0.15, 0.2) is 0 Å². The van der Waals surface area contributed by atoms with E-state index in [4.69, 9.17) is 0 Å². The highest BCUT2D eigenvalue weighted by Crippen LogP contribution is 2.43. The Morgan fingerprint density at radius 3 is 2.25 bits per heavy atom. The second-order valence-corrected chi connectivity index (χ2v) is 7.48. The van der Waals surface area contributed by atoms with Crippen LogP contribution in [0.15, 0.2) is 18.2 Å². The minimum Gasteiger partial charge on any atom is -0.339 e. The van der Waals surface area contributed by atoms with Gasteiger partial charge in [-0.05, 0) is 37.8 Å². The lowest BCUT2D eigenvalue weighted by Crippen LogP contribution is -2.38. The molecule has 1 saturated carbocycles. The van der Waals surface area contributed by atoms with Gasteiger partial charge in [-0.2, -0.15) is 0 Å². The van der Waals surface area contributed by atoms with Crippen molar-refractivity contribution in [1.82, 2.24) is 15.1 Å². The number of hydrogen-bond donors (Lipinski definition) is 0. The maximum Gasteiger partial charge on any atom is 0.256 e. The first kappa shape index (κ1) is 15.6. The lowest BCUT2D eigenvalue weighted by atomic mass is 9.97. The molecule has 24 heavy (non-hydrogen) atoms. The number of piperidine rings is 1. The second-order valence-electron chi connectivity index (χ2n) is 6.44. The van der Waals surface area contributed by atoms with E-state index in [0.717, 1.165) is 35.0 Å². The van der Waals surface area contributed by atoms with Crippen molar-refractivity contribution in [3.8, 4) is 0 Å². The Kier molecular flexibility index (Phi) is 4.04. The van der Waals surface area contributed by atoms with Gasteiger partial charge in [0.05, 0.1) is 5.56 Å². The molecule has 0 spiro atoms. The third-order valence-electron chi connectivity index (χ3n) is 4.68. The van der Waals surface area contributed by atoms with E-state index in [1.807, 2.05) is 0 Å². The summed E-state index contributed by atoms with van der Waals surface area (Å²) in [4.78, 5) is 14.0. The number of rotatable bonds is 3. The van der Waals surface area contributed by atoms with Crippen LogP contribution in [0.4, 0.5) is 8.78 Å². The van der Waals surface area contributed by atoms with Crippen LogP contribution < -0.4 is 0 Å². The number of benzene rings is 1. The van der Waals surface area contributed by atoms with Crippen LogP contribution in [-0.2, 0) is 0 Å². The average molecular weight is 349 g/mol. The number of likely N-dealkylation sites (tertiary alicyclic amines) is 1. The van der Waals surface area contributed by atoms with Crippen LogP contribution in [0, 0.1) is 11.6 Å². The summed E-state index contributed by atoms with van der Waals surface area (Å²) in [5, 5.41) is 10.8. The third-order valence-corrected chi connectivity index (χ3v) is 5.92. The van der Waals surface area contributed by atoms with Crippen molar-refractivity contribution >= 4 is 17.2 Å². The zero-order chi connectivity index (χ0) is 16.7. The fraction of sp³-hybridized carbons (Fsp3) is 0.471. The SMILES string of the molecule is O=C(c1ccc(F)cc1F)N1CCC(c2nnc(C3CC3)s2)CC1. The van der Waals surface area contributed by atoms with Gasteiger partial charge in [0.1, 0.15) is 21.6 Å². The fourth-order valence-electron chi connectivity index (χ4n) is 3.07. The van der Waals surface area contributed by atoms with Crippen molar-refractivity contribution in [3.05, 3.63) is 45.4 Å². The molecule has 2 aromatic rings. The van der Waals surface area contributed by atoms with Crippen LogP contribution in [-0.4, -0.2) is 34.1 Å². The highest BCUT2D eigenvalue weighted by atomic mass is 32.1. The maximum atomic E-state index is 13.8. The molecule has 126 valence electrons. The monoisotopic (exact) mass is 349 g/mol. The van der Waals surface area contributed by atoms with Crippen molar-refractivity contribution in [1.29, 1.82) is 0 Å². The summed E-state index contributed by atoms with van der Waals surface area (Å²) in [5.74, 6) is -0.927. The summed E-state index contributed by atoms with van der Waals surface area (Å²) < 4.78 is 26.8. The van der Waals surface area contributed by atoms with Gasteiger partial charge in [-0.1, -0.05) is 0 Å². The molecule has 0 unspecified atom stereocenters. The number of halogens is 2. The minimum atomic E-state index is -0.805. The summed E-state index contributed by atoms with van der Waals surface area (Å²) >= 11 is 1.69. The fourth-order valence-corrected chi connectivity index (χ4v) is 4.25. The van der Waals surface area contributed by atoms with E-state index in [-0.39, 0.29) is 11.5 Å². The van der Waals surface area contributed by atoms with Gasteiger partial charge in [-0.25, -0.2) is 8.78 Å². The first-order chi connectivity index (χ1) is 11.6. The highest BCUT2D eigenvalue weighted by molar-refractivity contribution is 7.11. The molecule has 0 bridgehead atoms. The molecule has 1 amide bonds. The zero-order valence-corrected chi connectivity index (χ0v) is 13.9. The summed E-state index contributed by atoms with van der Waals surface area (Å²) in [6, 6.07) is 3.08. The van der Waals surface area contributed by atoms with E-state index in [0.29, 0.717) is 24.9 Å². The largest absolute Gasteiger partial charge is 0.339 e. The van der Waals surface area contributed by atoms with Crippen molar-refractivity contribution in [2.75, 3.05) is 13.1 Å². The van der Waals surface area contributed by atoms with Gasteiger partial charge in [-0.15, -0.1) is 21.5 Å². The Labute approximate surface area is 142 Å². The Hall–Kier alpha value is -1.89. The lowest BCUT2D eigenvalue weighted by molar-refractivity contribution is 0.0708. The van der Waals surface area contributed by atoms with Gasteiger partial charge in [-0.3, -0.25) is 4.79 Å². The molecular weight excluding hydrogens is 332 g/mol. The summed E-state index contributed by atoms with van der Waals surface area (Å²) in [5.41, 5.74) is -0.0678. The molecule has 2 aliphatic rings. The Bertz CT molecular complexity index is 767. The van der Waals surface area contributed by atoms with E-state index in [2.05, 4.69) is 10.2 Å². The molecule has 1 aromatic carbocycles. The van der Waals surface area contributed by atoms with Gasteiger partial charge < -0.3 is 4.90 Å². The molecule has 1 aliphatic heterocycles. The van der Waals surface area contributed by atoms with Crippen molar-refractivity contribution < 1.29 is 13.6 Å². The summed E-state index contributed by atoms with van der Waals surface area (Å²) in [6.07, 6.45) is 4.03. The molecule has 2 heterocycles. The quantitative estimate of drug-likeness (QED) is 0.848. The molecule has 1 saturated heterocycles. The van der Waals surface area contributed by atoms with Gasteiger partial charge in [0, 0.05) is 31.0 Å².